The Hall–Kier alpha value is -3.43. The van der Waals surface area contributed by atoms with Crippen LogP contribution in [-0.2, 0) is 17.9 Å². The molecule has 3 aromatic rings. The third-order valence-corrected chi connectivity index (χ3v) is 4.73. The summed E-state index contributed by atoms with van der Waals surface area (Å²) in [4.78, 5) is 13.2. The van der Waals surface area contributed by atoms with Crippen molar-refractivity contribution in [1.29, 1.82) is 5.26 Å². The van der Waals surface area contributed by atoms with Crippen molar-refractivity contribution in [2.24, 2.45) is 0 Å². The van der Waals surface area contributed by atoms with Crippen LogP contribution < -0.4 is 10.1 Å². The number of hydrogen-bond donors (Lipinski definition) is 1. The molecule has 0 spiro atoms. The number of amides is 1. The van der Waals surface area contributed by atoms with Gasteiger partial charge in [0.25, 0.3) is 5.91 Å². The average molecular weight is 392 g/mol. The minimum Gasteiger partial charge on any atom is -0.489 e. The Labute approximate surface area is 166 Å². The van der Waals surface area contributed by atoms with Crippen molar-refractivity contribution in [2.45, 2.75) is 13.2 Å². The molecule has 3 rings (SSSR count). The van der Waals surface area contributed by atoms with E-state index in [1.807, 2.05) is 23.6 Å². The normalized spacial score (nSPS) is 10.9. The summed E-state index contributed by atoms with van der Waals surface area (Å²) >= 11 is 1.54. The number of nitriles is 1. The Bertz CT molecular complexity index is 1010. The highest BCUT2D eigenvalue weighted by atomic mass is 32.1. The lowest BCUT2D eigenvalue weighted by molar-refractivity contribution is -0.117. The van der Waals surface area contributed by atoms with Gasteiger partial charge in [0.05, 0.1) is 6.54 Å². The Morgan fingerprint density at radius 2 is 2.00 bits per heavy atom. The second kappa shape index (κ2) is 9.49. The predicted octanol–water partition coefficient (Wildman–Crippen LogP) is 4.69. The van der Waals surface area contributed by atoms with Gasteiger partial charge >= 0.3 is 0 Å². The zero-order valence-corrected chi connectivity index (χ0v) is 15.7. The highest BCUT2D eigenvalue weighted by Crippen LogP contribution is 2.17. The van der Waals surface area contributed by atoms with Gasteiger partial charge in [-0.3, -0.25) is 4.79 Å². The molecule has 1 aromatic heterocycles. The zero-order chi connectivity index (χ0) is 19.8. The number of nitrogens with one attached hydrogen (secondary N) is 1. The molecule has 2 aromatic carbocycles. The zero-order valence-electron chi connectivity index (χ0n) is 14.9. The minimum absolute atomic E-state index is 0.0324. The Balaban J connectivity index is 1.59. The molecule has 1 amide bonds. The molecule has 0 aliphatic rings. The van der Waals surface area contributed by atoms with Gasteiger partial charge in [-0.25, -0.2) is 4.39 Å². The monoisotopic (exact) mass is 392 g/mol. The number of nitrogens with zero attached hydrogens (tertiary/aromatic N) is 1. The molecule has 0 unspecified atom stereocenters. The van der Waals surface area contributed by atoms with Crippen LogP contribution in [0.3, 0.4) is 0 Å². The standard InChI is InChI=1S/C22H17FN2O2S/c23-19-4-1-3-17(12-19)15-27-20-8-6-16(7-9-20)11-18(13-24)22(26)25-14-21-5-2-10-28-21/h1-12H,14-15H2,(H,25,26)/b18-11-. The Morgan fingerprint density at radius 3 is 2.68 bits per heavy atom. The molecule has 0 bridgehead atoms. The summed E-state index contributed by atoms with van der Waals surface area (Å²) in [5, 5.41) is 13.9. The maximum atomic E-state index is 13.2. The van der Waals surface area contributed by atoms with E-state index in [1.54, 1.807) is 47.7 Å². The van der Waals surface area contributed by atoms with Crippen molar-refractivity contribution < 1.29 is 13.9 Å². The quantitative estimate of drug-likeness (QED) is 0.469. The molecule has 1 heterocycles. The lowest BCUT2D eigenvalue weighted by Crippen LogP contribution is -2.23. The summed E-state index contributed by atoms with van der Waals surface area (Å²) in [7, 11) is 0. The van der Waals surface area contributed by atoms with Crippen molar-refractivity contribution in [3.8, 4) is 11.8 Å². The predicted molar refractivity (Wildman–Crippen MR) is 107 cm³/mol. The number of benzene rings is 2. The van der Waals surface area contributed by atoms with Gasteiger partial charge in [0.1, 0.15) is 29.8 Å². The number of halogens is 1. The third-order valence-electron chi connectivity index (χ3n) is 3.85. The number of thiophene rings is 1. The SMILES string of the molecule is N#C/C(=C/c1ccc(OCc2cccc(F)c2)cc1)C(=O)NCc1cccs1. The lowest BCUT2D eigenvalue weighted by atomic mass is 10.1. The maximum absolute atomic E-state index is 13.2. The van der Waals surface area contributed by atoms with Crippen LogP contribution in [-0.4, -0.2) is 5.91 Å². The second-order valence-corrected chi connectivity index (χ2v) is 6.95. The fraction of sp³-hybridized carbons (Fsp3) is 0.0909. The van der Waals surface area contributed by atoms with Gasteiger partial charge in [-0.05, 0) is 52.9 Å². The third kappa shape index (κ3) is 5.53. The average Bonchev–Trinajstić information content (AvgIpc) is 3.23. The van der Waals surface area contributed by atoms with Crippen LogP contribution in [0.1, 0.15) is 16.0 Å². The summed E-state index contributed by atoms with van der Waals surface area (Å²) < 4.78 is 18.8. The van der Waals surface area contributed by atoms with Gasteiger partial charge in [0, 0.05) is 4.88 Å². The van der Waals surface area contributed by atoms with E-state index < -0.39 is 5.91 Å². The van der Waals surface area contributed by atoms with Gasteiger partial charge in [-0.15, -0.1) is 11.3 Å². The first-order chi connectivity index (χ1) is 13.6. The minimum atomic E-state index is -0.415. The van der Waals surface area contributed by atoms with E-state index in [0.29, 0.717) is 17.9 Å². The van der Waals surface area contributed by atoms with Crippen LogP contribution in [0.4, 0.5) is 4.39 Å². The summed E-state index contributed by atoms with van der Waals surface area (Å²) in [5.41, 5.74) is 1.48. The number of carbonyl (C=O) groups excluding carboxylic acids is 1. The maximum Gasteiger partial charge on any atom is 0.262 e. The molecule has 140 valence electrons. The molecule has 0 atom stereocenters. The smallest absolute Gasteiger partial charge is 0.262 e. The van der Waals surface area contributed by atoms with E-state index in [1.165, 1.54) is 18.2 Å². The van der Waals surface area contributed by atoms with Crippen LogP contribution in [0.2, 0.25) is 0 Å². The first-order valence-electron chi connectivity index (χ1n) is 8.54. The van der Waals surface area contributed by atoms with E-state index in [4.69, 9.17) is 4.74 Å². The van der Waals surface area contributed by atoms with E-state index in [2.05, 4.69) is 5.32 Å². The first kappa shape index (κ1) is 19.3. The Kier molecular flexibility index (Phi) is 6.55. The van der Waals surface area contributed by atoms with Crippen molar-refractivity contribution in [1.82, 2.24) is 5.32 Å². The van der Waals surface area contributed by atoms with E-state index in [-0.39, 0.29) is 18.0 Å². The fourth-order valence-corrected chi connectivity index (χ4v) is 3.09. The summed E-state index contributed by atoms with van der Waals surface area (Å²) in [6.45, 7) is 0.643. The van der Waals surface area contributed by atoms with E-state index in [9.17, 15) is 14.4 Å². The number of ether oxygens (including phenoxy) is 1. The molecule has 0 aliphatic carbocycles. The molecule has 0 aliphatic heterocycles. The molecule has 28 heavy (non-hydrogen) atoms. The summed E-state index contributed by atoms with van der Waals surface area (Å²) in [6.07, 6.45) is 1.53. The molecule has 0 radical (unpaired) electrons. The molecule has 1 N–H and O–H groups in total. The van der Waals surface area contributed by atoms with Crippen LogP contribution >= 0.6 is 11.3 Å². The van der Waals surface area contributed by atoms with Crippen molar-refractivity contribution >= 4 is 23.3 Å². The van der Waals surface area contributed by atoms with Gasteiger partial charge in [-0.1, -0.05) is 30.3 Å². The lowest BCUT2D eigenvalue weighted by Gasteiger charge is -2.07. The fourth-order valence-electron chi connectivity index (χ4n) is 2.44. The van der Waals surface area contributed by atoms with E-state index in [0.717, 1.165) is 10.4 Å². The molecular formula is C22H17FN2O2S. The first-order valence-corrected chi connectivity index (χ1v) is 9.42. The van der Waals surface area contributed by atoms with Crippen LogP contribution in [0, 0.1) is 17.1 Å². The van der Waals surface area contributed by atoms with E-state index >= 15 is 0 Å². The summed E-state index contributed by atoms with van der Waals surface area (Å²) in [5.74, 6) is -0.104. The molecular weight excluding hydrogens is 375 g/mol. The number of carbonyl (C=O) groups is 1. The Morgan fingerprint density at radius 1 is 1.18 bits per heavy atom. The van der Waals surface area contributed by atoms with Gasteiger partial charge in [0.15, 0.2) is 0 Å². The molecule has 0 saturated carbocycles. The second-order valence-electron chi connectivity index (χ2n) is 5.92. The highest BCUT2D eigenvalue weighted by Gasteiger charge is 2.09. The number of hydrogen-bond acceptors (Lipinski definition) is 4. The molecule has 4 nitrogen and oxygen atoms in total. The van der Waals surface area contributed by atoms with Crippen molar-refractivity contribution in [3.05, 3.63) is 93.4 Å². The van der Waals surface area contributed by atoms with Crippen LogP contribution in [0.15, 0.2) is 71.6 Å². The largest absolute Gasteiger partial charge is 0.489 e. The number of rotatable bonds is 7. The highest BCUT2D eigenvalue weighted by molar-refractivity contribution is 7.09. The van der Waals surface area contributed by atoms with Crippen molar-refractivity contribution in [2.75, 3.05) is 0 Å². The molecule has 0 saturated heterocycles. The molecule has 6 heteroatoms. The summed E-state index contributed by atoms with van der Waals surface area (Å²) in [6, 6.07) is 19.0. The van der Waals surface area contributed by atoms with Crippen LogP contribution in [0.25, 0.3) is 6.08 Å². The van der Waals surface area contributed by atoms with Gasteiger partial charge in [-0.2, -0.15) is 5.26 Å². The van der Waals surface area contributed by atoms with Gasteiger partial charge in [0.2, 0.25) is 0 Å². The van der Waals surface area contributed by atoms with Gasteiger partial charge < -0.3 is 10.1 Å². The molecule has 0 fully saturated rings. The topological polar surface area (TPSA) is 62.1 Å². The van der Waals surface area contributed by atoms with Crippen molar-refractivity contribution in [3.63, 3.8) is 0 Å². The van der Waals surface area contributed by atoms with Crippen LogP contribution in [0.5, 0.6) is 5.75 Å².